The number of carboxylic acid groups (broad SMARTS) is 1. The van der Waals surface area contributed by atoms with Gasteiger partial charge in [0.25, 0.3) is 0 Å². The molecule has 1 amide bonds. The van der Waals surface area contributed by atoms with Gasteiger partial charge in [-0.3, -0.25) is 4.79 Å². The number of carbonyl (C=O) groups is 2. The molecule has 1 saturated carbocycles. The average Bonchev–Trinajstić information content (AvgIpc) is 2.79. The van der Waals surface area contributed by atoms with Gasteiger partial charge in [0.1, 0.15) is 6.04 Å². The molecular formula is C12H20N2O4. The summed E-state index contributed by atoms with van der Waals surface area (Å²) in [5, 5.41) is 23.3. The Balaban J connectivity index is 1.88. The van der Waals surface area contributed by atoms with Gasteiger partial charge < -0.3 is 20.8 Å². The molecule has 6 nitrogen and oxygen atoms in total. The number of fused-ring (bicyclic) bond motifs is 1. The molecule has 0 spiro atoms. The van der Waals surface area contributed by atoms with Crippen LogP contribution in [0.25, 0.3) is 0 Å². The van der Waals surface area contributed by atoms with Crippen molar-refractivity contribution in [3.8, 4) is 0 Å². The van der Waals surface area contributed by atoms with Crippen molar-refractivity contribution in [3.05, 3.63) is 0 Å². The fourth-order valence-corrected chi connectivity index (χ4v) is 2.98. The molecule has 102 valence electrons. The van der Waals surface area contributed by atoms with E-state index in [1.807, 2.05) is 0 Å². The summed E-state index contributed by atoms with van der Waals surface area (Å²) in [6.07, 6.45) is 5.41. The van der Waals surface area contributed by atoms with E-state index in [-0.39, 0.29) is 11.9 Å². The third kappa shape index (κ3) is 2.81. The van der Waals surface area contributed by atoms with Crippen LogP contribution in [0.15, 0.2) is 0 Å². The Labute approximate surface area is 106 Å². The van der Waals surface area contributed by atoms with E-state index in [1.54, 1.807) is 0 Å². The van der Waals surface area contributed by atoms with Crippen molar-refractivity contribution >= 4 is 11.9 Å². The van der Waals surface area contributed by atoms with Crippen molar-refractivity contribution in [1.29, 1.82) is 0 Å². The first-order chi connectivity index (χ1) is 8.61. The summed E-state index contributed by atoms with van der Waals surface area (Å²) in [6, 6.07) is -1.12. The minimum Gasteiger partial charge on any atom is -0.480 e. The molecule has 0 radical (unpaired) electrons. The lowest BCUT2D eigenvalue weighted by molar-refractivity contribution is -0.143. The van der Waals surface area contributed by atoms with E-state index in [2.05, 4.69) is 10.6 Å². The minimum atomic E-state index is -1.21. The zero-order valence-electron chi connectivity index (χ0n) is 10.3. The van der Waals surface area contributed by atoms with Crippen LogP contribution in [0.4, 0.5) is 0 Å². The quantitative estimate of drug-likeness (QED) is 0.542. The van der Waals surface area contributed by atoms with Gasteiger partial charge in [-0.1, -0.05) is 12.8 Å². The van der Waals surface area contributed by atoms with Gasteiger partial charge in [0, 0.05) is 6.04 Å². The van der Waals surface area contributed by atoms with Crippen molar-refractivity contribution < 1.29 is 19.8 Å². The van der Waals surface area contributed by atoms with E-state index >= 15 is 0 Å². The number of hydrogen-bond donors (Lipinski definition) is 4. The Bertz CT molecular complexity index is 320. The summed E-state index contributed by atoms with van der Waals surface area (Å²) < 4.78 is 0. The fraction of sp³-hybridized carbons (Fsp3) is 0.833. The summed E-state index contributed by atoms with van der Waals surface area (Å²) in [4.78, 5) is 22.7. The van der Waals surface area contributed by atoms with Crippen LogP contribution in [0.3, 0.4) is 0 Å². The monoisotopic (exact) mass is 256 g/mol. The van der Waals surface area contributed by atoms with Crippen LogP contribution < -0.4 is 10.6 Å². The van der Waals surface area contributed by atoms with Gasteiger partial charge in [-0.05, 0) is 25.2 Å². The molecule has 2 aliphatic rings. The molecule has 0 bridgehead atoms. The van der Waals surface area contributed by atoms with E-state index in [9.17, 15) is 9.59 Å². The molecule has 4 N–H and O–H groups in total. The van der Waals surface area contributed by atoms with Crippen LogP contribution in [-0.2, 0) is 9.59 Å². The highest BCUT2D eigenvalue weighted by molar-refractivity contribution is 5.87. The van der Waals surface area contributed by atoms with Gasteiger partial charge >= 0.3 is 5.97 Å². The van der Waals surface area contributed by atoms with Crippen molar-refractivity contribution in [2.75, 3.05) is 6.61 Å². The van der Waals surface area contributed by atoms with Crippen LogP contribution in [0, 0.1) is 5.92 Å². The maximum atomic E-state index is 11.9. The van der Waals surface area contributed by atoms with Gasteiger partial charge in [-0.25, -0.2) is 4.79 Å². The van der Waals surface area contributed by atoms with Crippen LogP contribution in [0.1, 0.15) is 32.1 Å². The summed E-state index contributed by atoms with van der Waals surface area (Å²) in [6.45, 7) is -0.583. The predicted molar refractivity (Wildman–Crippen MR) is 63.9 cm³/mol. The minimum absolute atomic E-state index is 0.313. The predicted octanol–water partition coefficient (Wildman–Crippen LogP) is -0.531. The molecule has 1 aliphatic heterocycles. The van der Waals surface area contributed by atoms with Crippen LogP contribution in [0.5, 0.6) is 0 Å². The molecule has 0 aromatic carbocycles. The van der Waals surface area contributed by atoms with Crippen molar-refractivity contribution in [2.45, 2.75) is 50.2 Å². The standard InChI is InChI=1S/C12H20N2O4/c15-6-10(12(17)18)14-11(16)9-5-7-3-1-2-4-8(7)13-9/h7-10,13,15H,1-6H2,(H,14,16)(H,17,18). The Morgan fingerprint density at radius 2 is 2.06 bits per heavy atom. The second-order valence-electron chi connectivity index (χ2n) is 5.19. The molecule has 6 heteroatoms. The van der Waals surface area contributed by atoms with Crippen LogP contribution in [0.2, 0.25) is 0 Å². The second kappa shape index (κ2) is 5.67. The lowest BCUT2D eigenvalue weighted by atomic mass is 9.85. The smallest absolute Gasteiger partial charge is 0.328 e. The highest BCUT2D eigenvalue weighted by Gasteiger charge is 2.38. The molecule has 4 unspecified atom stereocenters. The summed E-state index contributed by atoms with van der Waals surface area (Å²) in [5.74, 6) is -0.987. The third-order valence-electron chi connectivity index (χ3n) is 3.98. The van der Waals surface area contributed by atoms with Crippen LogP contribution in [-0.4, -0.2) is 46.8 Å². The van der Waals surface area contributed by atoms with Crippen molar-refractivity contribution in [2.24, 2.45) is 5.92 Å². The summed E-state index contributed by atoms with van der Waals surface area (Å²) >= 11 is 0. The first kappa shape index (κ1) is 13.3. The first-order valence-corrected chi connectivity index (χ1v) is 6.52. The first-order valence-electron chi connectivity index (χ1n) is 6.52. The molecule has 2 rings (SSSR count). The van der Waals surface area contributed by atoms with Gasteiger partial charge in [-0.15, -0.1) is 0 Å². The number of rotatable bonds is 4. The number of amides is 1. The normalized spacial score (nSPS) is 32.6. The Morgan fingerprint density at radius 3 is 2.67 bits per heavy atom. The molecule has 18 heavy (non-hydrogen) atoms. The van der Waals surface area contributed by atoms with Gasteiger partial charge in [-0.2, -0.15) is 0 Å². The average molecular weight is 256 g/mol. The SMILES string of the molecule is O=C(O)C(CO)NC(=O)C1CC2CCCCC2N1. The molecule has 1 heterocycles. The van der Waals surface area contributed by atoms with E-state index in [4.69, 9.17) is 10.2 Å². The van der Waals surface area contributed by atoms with E-state index in [0.717, 1.165) is 19.3 Å². The van der Waals surface area contributed by atoms with E-state index in [1.165, 1.54) is 12.8 Å². The topological polar surface area (TPSA) is 98.7 Å². The van der Waals surface area contributed by atoms with Crippen LogP contribution >= 0.6 is 0 Å². The van der Waals surface area contributed by atoms with Gasteiger partial charge in [0.05, 0.1) is 12.6 Å². The highest BCUT2D eigenvalue weighted by atomic mass is 16.4. The Hall–Kier alpha value is -1.14. The van der Waals surface area contributed by atoms with Gasteiger partial charge in [0.2, 0.25) is 5.91 Å². The van der Waals surface area contributed by atoms with Crippen molar-refractivity contribution in [1.82, 2.24) is 10.6 Å². The third-order valence-corrected chi connectivity index (χ3v) is 3.98. The number of carbonyl (C=O) groups excluding carboxylic acids is 1. The lowest BCUT2D eigenvalue weighted by Gasteiger charge is -2.24. The number of carboxylic acids is 1. The Morgan fingerprint density at radius 1 is 1.33 bits per heavy atom. The van der Waals surface area contributed by atoms with E-state index < -0.39 is 18.6 Å². The highest BCUT2D eigenvalue weighted by Crippen LogP contribution is 2.33. The molecule has 1 saturated heterocycles. The number of aliphatic hydroxyl groups is 1. The Kier molecular flexibility index (Phi) is 4.19. The zero-order chi connectivity index (χ0) is 13.1. The lowest BCUT2D eigenvalue weighted by Crippen LogP contribution is -2.50. The molecular weight excluding hydrogens is 236 g/mol. The maximum Gasteiger partial charge on any atom is 0.328 e. The second-order valence-corrected chi connectivity index (χ2v) is 5.19. The number of nitrogens with one attached hydrogen (secondary N) is 2. The molecule has 0 aromatic heterocycles. The number of aliphatic carboxylic acids is 1. The van der Waals surface area contributed by atoms with Crippen molar-refractivity contribution in [3.63, 3.8) is 0 Å². The summed E-state index contributed by atoms with van der Waals surface area (Å²) in [5.41, 5.74) is 0. The molecule has 4 atom stereocenters. The molecule has 1 aliphatic carbocycles. The molecule has 2 fully saturated rings. The maximum absolute atomic E-state index is 11.9. The summed E-state index contributed by atoms with van der Waals surface area (Å²) in [7, 11) is 0. The number of aliphatic hydroxyl groups excluding tert-OH is 1. The fourth-order valence-electron chi connectivity index (χ4n) is 2.98. The number of hydrogen-bond acceptors (Lipinski definition) is 4. The van der Waals surface area contributed by atoms with E-state index in [0.29, 0.717) is 12.0 Å². The largest absolute Gasteiger partial charge is 0.480 e. The molecule has 0 aromatic rings. The van der Waals surface area contributed by atoms with Gasteiger partial charge in [0.15, 0.2) is 0 Å². The zero-order valence-corrected chi connectivity index (χ0v) is 10.3.